The first-order valence-corrected chi connectivity index (χ1v) is 13.6. The summed E-state index contributed by atoms with van der Waals surface area (Å²) >= 11 is 2.06. The average Bonchev–Trinajstić information content (AvgIpc) is 3.40. The summed E-state index contributed by atoms with van der Waals surface area (Å²) in [4.78, 5) is 27.9. The Morgan fingerprint density at radius 2 is 2.05 bits per heavy atom. The lowest BCUT2D eigenvalue weighted by atomic mass is 9.87. The molecular weight excluding hydrogens is 595 g/mol. The van der Waals surface area contributed by atoms with Crippen molar-refractivity contribution < 1.29 is 39.1 Å². The van der Waals surface area contributed by atoms with E-state index >= 15 is 0 Å². The number of rotatable bonds is 11. The molecule has 206 valence electrons. The number of amides is 2. The number of carbonyl (C=O) groups is 2. The first-order valence-electron chi connectivity index (χ1n) is 12.5. The van der Waals surface area contributed by atoms with E-state index in [1.54, 1.807) is 37.0 Å². The molecule has 3 rings (SSSR count). The van der Waals surface area contributed by atoms with Crippen molar-refractivity contribution in [3.8, 4) is 11.5 Å². The maximum Gasteiger partial charge on any atom is 0.247 e. The van der Waals surface area contributed by atoms with Gasteiger partial charge in [-0.2, -0.15) is 0 Å². The number of hydrogen-bond acceptors (Lipinski definition) is 8. The largest absolute Gasteiger partial charge is 0.493 e. The summed E-state index contributed by atoms with van der Waals surface area (Å²) in [7, 11) is 1.48. The molecule has 0 unspecified atom stereocenters. The molecule has 0 radical (unpaired) electrons. The Morgan fingerprint density at radius 1 is 1.30 bits per heavy atom. The van der Waals surface area contributed by atoms with Crippen LogP contribution in [0.3, 0.4) is 0 Å². The molecule has 2 aliphatic rings. The number of hydrogen-bond donors (Lipinski definition) is 4. The molecule has 2 amide bonds. The maximum absolute atomic E-state index is 13.3. The molecule has 11 heteroatoms. The number of aliphatic hydroxyl groups excluding tert-OH is 3. The number of halogens is 1. The Morgan fingerprint density at radius 3 is 2.65 bits per heavy atom. The van der Waals surface area contributed by atoms with E-state index in [2.05, 4.69) is 27.9 Å². The SMILES string of the molecule is COc1cc(CO)cc(I)c1O[C@H]1C=C(C(=O)NCCO)C[C@@H](N(C[C@@H]2CCCO2)C(=O)C(C)C)[C@@H]1O. The highest BCUT2D eigenvalue weighted by Crippen LogP contribution is 2.37. The highest BCUT2D eigenvalue weighted by Gasteiger charge is 2.42. The molecule has 1 aliphatic carbocycles. The van der Waals surface area contributed by atoms with Gasteiger partial charge in [-0.3, -0.25) is 9.59 Å². The van der Waals surface area contributed by atoms with Gasteiger partial charge in [-0.25, -0.2) is 0 Å². The van der Waals surface area contributed by atoms with Crippen molar-refractivity contribution in [3.05, 3.63) is 32.9 Å². The van der Waals surface area contributed by atoms with Crippen LogP contribution in [0.2, 0.25) is 0 Å². The summed E-state index contributed by atoms with van der Waals surface area (Å²) in [6.45, 7) is 4.23. The van der Waals surface area contributed by atoms with Gasteiger partial charge >= 0.3 is 0 Å². The van der Waals surface area contributed by atoms with Gasteiger partial charge < -0.3 is 39.7 Å². The average molecular weight is 632 g/mol. The second-order valence-corrected chi connectivity index (χ2v) is 10.7. The fraction of sp³-hybridized carbons (Fsp3) is 0.615. The van der Waals surface area contributed by atoms with E-state index in [9.17, 15) is 19.8 Å². The minimum absolute atomic E-state index is 0.0772. The van der Waals surface area contributed by atoms with Gasteiger partial charge in [0.25, 0.3) is 0 Å². The van der Waals surface area contributed by atoms with Crippen molar-refractivity contribution in [2.75, 3.05) is 33.4 Å². The minimum Gasteiger partial charge on any atom is -0.493 e. The topological polar surface area (TPSA) is 138 Å². The quantitative estimate of drug-likeness (QED) is 0.269. The van der Waals surface area contributed by atoms with Crippen molar-refractivity contribution in [3.63, 3.8) is 0 Å². The lowest BCUT2D eigenvalue weighted by molar-refractivity contribution is -0.144. The van der Waals surface area contributed by atoms with Gasteiger partial charge in [-0.05, 0) is 59.2 Å². The number of ether oxygens (including phenoxy) is 3. The van der Waals surface area contributed by atoms with Crippen molar-refractivity contribution in [1.29, 1.82) is 0 Å². The summed E-state index contributed by atoms with van der Waals surface area (Å²) < 4.78 is 18.2. The third-order valence-corrected chi connectivity index (χ3v) is 7.34. The molecule has 37 heavy (non-hydrogen) atoms. The molecular formula is C26H37IN2O8. The van der Waals surface area contributed by atoms with Crippen LogP contribution in [0.1, 0.15) is 38.7 Å². The molecule has 0 aromatic heterocycles. The Kier molecular flexibility index (Phi) is 11.0. The van der Waals surface area contributed by atoms with E-state index in [1.165, 1.54) is 7.11 Å². The predicted molar refractivity (Wildman–Crippen MR) is 144 cm³/mol. The lowest BCUT2D eigenvalue weighted by Gasteiger charge is -2.42. The molecule has 1 heterocycles. The fourth-order valence-corrected chi connectivity index (χ4v) is 5.42. The third-order valence-electron chi connectivity index (χ3n) is 6.54. The van der Waals surface area contributed by atoms with Crippen molar-refractivity contribution in [1.82, 2.24) is 10.2 Å². The van der Waals surface area contributed by atoms with E-state index in [0.717, 1.165) is 12.8 Å². The summed E-state index contributed by atoms with van der Waals surface area (Å²) in [6.07, 6.45) is 1.16. The normalized spacial score (nSPS) is 23.5. The van der Waals surface area contributed by atoms with Crippen molar-refractivity contribution in [2.45, 2.75) is 64.1 Å². The van der Waals surface area contributed by atoms with E-state index < -0.39 is 24.2 Å². The molecule has 4 N–H and O–H groups in total. The van der Waals surface area contributed by atoms with Crippen LogP contribution in [0, 0.1) is 9.49 Å². The Balaban J connectivity index is 1.99. The lowest BCUT2D eigenvalue weighted by Crippen LogP contribution is -2.57. The summed E-state index contributed by atoms with van der Waals surface area (Å²) in [6, 6.07) is 2.66. The van der Waals surface area contributed by atoms with Crippen LogP contribution >= 0.6 is 22.6 Å². The van der Waals surface area contributed by atoms with Gasteiger partial charge in [-0.15, -0.1) is 0 Å². The van der Waals surface area contributed by atoms with Crippen LogP contribution in [0.15, 0.2) is 23.8 Å². The Bertz CT molecular complexity index is 980. The number of nitrogens with zero attached hydrogens (tertiary/aromatic N) is 1. The number of benzene rings is 1. The molecule has 10 nitrogen and oxygen atoms in total. The molecule has 4 atom stereocenters. The van der Waals surface area contributed by atoms with Gasteiger partial charge in [-0.1, -0.05) is 13.8 Å². The predicted octanol–water partition coefficient (Wildman–Crippen LogP) is 1.37. The zero-order valence-corrected chi connectivity index (χ0v) is 23.6. The Labute approximate surface area is 231 Å². The van der Waals surface area contributed by atoms with Crippen LogP contribution < -0.4 is 14.8 Å². The first-order chi connectivity index (χ1) is 17.7. The van der Waals surface area contributed by atoms with Gasteiger partial charge in [0.1, 0.15) is 12.2 Å². The number of methoxy groups -OCH3 is 1. The summed E-state index contributed by atoms with van der Waals surface area (Å²) in [5, 5.41) is 32.9. The highest BCUT2D eigenvalue weighted by molar-refractivity contribution is 14.1. The second-order valence-electron chi connectivity index (χ2n) is 9.56. The van der Waals surface area contributed by atoms with Crippen molar-refractivity contribution >= 4 is 34.4 Å². The number of carbonyl (C=O) groups excluding carboxylic acids is 2. The van der Waals surface area contributed by atoms with Crippen LogP contribution in [0.25, 0.3) is 0 Å². The molecule has 1 aliphatic heterocycles. The number of nitrogens with one attached hydrogen (secondary N) is 1. The van der Waals surface area contributed by atoms with Gasteiger partial charge in [0.05, 0.1) is 36.0 Å². The van der Waals surface area contributed by atoms with E-state index in [0.29, 0.717) is 39.4 Å². The number of aliphatic hydroxyl groups is 3. The second kappa shape index (κ2) is 13.7. The van der Waals surface area contributed by atoms with E-state index in [-0.39, 0.29) is 44.1 Å². The summed E-state index contributed by atoms with van der Waals surface area (Å²) in [5.74, 6) is -0.130. The molecule has 1 saturated heterocycles. The zero-order chi connectivity index (χ0) is 27.1. The molecule has 0 bridgehead atoms. The van der Waals surface area contributed by atoms with E-state index in [4.69, 9.17) is 19.3 Å². The monoisotopic (exact) mass is 632 g/mol. The Hall–Kier alpha value is -1.93. The van der Waals surface area contributed by atoms with Crippen LogP contribution in [-0.4, -0.2) is 89.8 Å². The minimum atomic E-state index is -1.14. The molecule has 1 aromatic carbocycles. The van der Waals surface area contributed by atoms with Crippen molar-refractivity contribution in [2.24, 2.45) is 5.92 Å². The fourth-order valence-electron chi connectivity index (χ4n) is 4.62. The molecule has 0 saturated carbocycles. The van der Waals surface area contributed by atoms with Crippen LogP contribution in [-0.2, 0) is 20.9 Å². The van der Waals surface area contributed by atoms with Gasteiger partial charge in [0.15, 0.2) is 11.5 Å². The summed E-state index contributed by atoms with van der Waals surface area (Å²) in [5.41, 5.74) is 0.990. The van der Waals surface area contributed by atoms with Crippen LogP contribution in [0.4, 0.5) is 0 Å². The van der Waals surface area contributed by atoms with Gasteiger partial charge in [0.2, 0.25) is 11.8 Å². The van der Waals surface area contributed by atoms with E-state index in [1.807, 2.05) is 0 Å². The maximum atomic E-state index is 13.3. The smallest absolute Gasteiger partial charge is 0.247 e. The molecule has 1 aromatic rings. The highest BCUT2D eigenvalue weighted by atomic mass is 127. The molecule has 1 fully saturated rings. The zero-order valence-electron chi connectivity index (χ0n) is 21.5. The van der Waals surface area contributed by atoms with Crippen LogP contribution in [0.5, 0.6) is 11.5 Å². The molecule has 0 spiro atoms. The third kappa shape index (κ3) is 7.34. The standard InChI is InChI=1S/C26H37IN2O8/c1-15(2)26(34)29(13-18-5-4-8-36-18)20-11-17(25(33)28-6-7-30)12-21(23(20)32)37-24-19(27)9-16(14-31)10-22(24)35-3/h9-10,12,15,18,20-21,23,30-32H,4-8,11,13-14H2,1-3H3,(H,28,33)/t18-,20+,21-,23-/m0/s1. The van der Waals surface area contributed by atoms with Gasteiger partial charge in [0, 0.05) is 37.6 Å². The first kappa shape index (κ1) is 29.6.